The zero-order valence-electron chi connectivity index (χ0n) is 10.5. The molecule has 6 nitrogen and oxygen atoms in total. The van der Waals surface area contributed by atoms with Crippen LogP contribution in [0, 0.1) is 0 Å². The van der Waals surface area contributed by atoms with Crippen molar-refractivity contribution in [2.75, 3.05) is 26.3 Å². The highest BCUT2D eigenvalue weighted by molar-refractivity contribution is 6.14. The average molecular weight is 254 g/mol. The fourth-order valence-electron chi connectivity index (χ4n) is 1.40. The number of hydrogen-bond acceptors (Lipinski definition) is 4. The van der Waals surface area contributed by atoms with Crippen LogP contribution in [0.1, 0.15) is 19.8 Å². The Morgan fingerprint density at radius 2 is 1.94 bits per heavy atom. The van der Waals surface area contributed by atoms with Crippen molar-refractivity contribution in [2.45, 2.75) is 19.8 Å². The lowest BCUT2D eigenvalue weighted by Gasteiger charge is -2.13. The summed E-state index contributed by atoms with van der Waals surface area (Å²) in [5, 5.41) is 2.59. The molecule has 0 aliphatic carbocycles. The van der Waals surface area contributed by atoms with Crippen LogP contribution < -0.4 is 5.32 Å². The molecule has 0 aromatic carbocycles. The van der Waals surface area contributed by atoms with Crippen LogP contribution in [0.5, 0.6) is 0 Å². The van der Waals surface area contributed by atoms with Crippen LogP contribution in [0.4, 0.5) is 0 Å². The molecule has 1 aliphatic rings. The fourth-order valence-corrected chi connectivity index (χ4v) is 1.40. The first-order chi connectivity index (χ1) is 8.65. The van der Waals surface area contributed by atoms with Gasteiger partial charge in [0.1, 0.15) is 6.54 Å². The molecule has 3 amide bonds. The van der Waals surface area contributed by atoms with Gasteiger partial charge in [-0.05, 0) is 6.42 Å². The first-order valence-corrected chi connectivity index (χ1v) is 6.03. The molecule has 1 aliphatic heterocycles. The number of ether oxygens (including phenoxy) is 1. The van der Waals surface area contributed by atoms with Gasteiger partial charge in [-0.1, -0.05) is 13.3 Å². The minimum atomic E-state index is -0.450. The largest absolute Gasteiger partial charge is 0.380 e. The number of imide groups is 1. The van der Waals surface area contributed by atoms with E-state index in [1.54, 1.807) is 0 Å². The van der Waals surface area contributed by atoms with Gasteiger partial charge in [-0.3, -0.25) is 19.3 Å². The zero-order chi connectivity index (χ0) is 13.4. The Balaban J connectivity index is 2.11. The summed E-state index contributed by atoms with van der Waals surface area (Å²) in [6.45, 7) is 3.33. The Morgan fingerprint density at radius 3 is 2.56 bits per heavy atom. The highest BCUT2D eigenvalue weighted by atomic mass is 16.5. The predicted octanol–water partition coefficient (Wildman–Crippen LogP) is -0.156. The predicted molar refractivity (Wildman–Crippen MR) is 64.6 cm³/mol. The van der Waals surface area contributed by atoms with Crippen molar-refractivity contribution >= 4 is 17.7 Å². The third kappa shape index (κ3) is 4.67. The molecule has 0 aromatic heterocycles. The van der Waals surface area contributed by atoms with Crippen LogP contribution in [-0.2, 0) is 19.1 Å². The minimum Gasteiger partial charge on any atom is -0.380 e. The lowest BCUT2D eigenvalue weighted by Crippen LogP contribution is -2.41. The second-order valence-corrected chi connectivity index (χ2v) is 3.91. The molecular formula is C12H18N2O4. The molecule has 0 atom stereocenters. The maximum absolute atomic E-state index is 11.4. The van der Waals surface area contributed by atoms with Crippen LogP contribution in [0.2, 0.25) is 0 Å². The quantitative estimate of drug-likeness (QED) is 0.482. The Kier molecular flexibility index (Phi) is 6.07. The van der Waals surface area contributed by atoms with Gasteiger partial charge in [-0.2, -0.15) is 0 Å². The second kappa shape index (κ2) is 7.60. The number of nitrogens with zero attached hydrogens (tertiary/aromatic N) is 1. The van der Waals surface area contributed by atoms with Crippen LogP contribution in [0.15, 0.2) is 12.2 Å². The molecule has 0 spiro atoms. The van der Waals surface area contributed by atoms with E-state index in [9.17, 15) is 14.4 Å². The van der Waals surface area contributed by atoms with E-state index >= 15 is 0 Å². The lowest BCUT2D eigenvalue weighted by atomic mass is 10.4. The molecule has 100 valence electrons. The summed E-state index contributed by atoms with van der Waals surface area (Å²) in [6, 6.07) is 0. The maximum Gasteiger partial charge on any atom is 0.254 e. The number of hydrogen-bond donors (Lipinski definition) is 1. The van der Waals surface area contributed by atoms with E-state index in [4.69, 9.17) is 4.74 Å². The Morgan fingerprint density at radius 1 is 1.28 bits per heavy atom. The highest BCUT2D eigenvalue weighted by Crippen LogP contribution is 2.01. The second-order valence-electron chi connectivity index (χ2n) is 3.91. The van der Waals surface area contributed by atoms with E-state index in [1.807, 2.05) is 0 Å². The summed E-state index contributed by atoms with van der Waals surface area (Å²) in [4.78, 5) is 34.7. The molecule has 0 unspecified atom stereocenters. The van der Waals surface area contributed by atoms with E-state index in [-0.39, 0.29) is 12.5 Å². The Hall–Kier alpha value is -1.69. The number of unbranched alkanes of at least 4 members (excludes halogenated alkanes) is 1. The number of rotatable bonds is 8. The molecule has 0 saturated carbocycles. The SMILES string of the molecule is CCCCOCCNC(=O)CN1C(=O)C=CC1=O. The Bertz CT molecular complexity index is 334. The molecule has 6 heteroatoms. The van der Waals surface area contributed by atoms with Gasteiger partial charge in [-0.15, -0.1) is 0 Å². The van der Waals surface area contributed by atoms with Crippen LogP contribution in [0.3, 0.4) is 0 Å². The first-order valence-electron chi connectivity index (χ1n) is 6.03. The molecule has 0 bridgehead atoms. The molecule has 18 heavy (non-hydrogen) atoms. The average Bonchev–Trinajstić information content (AvgIpc) is 2.65. The third-order valence-electron chi connectivity index (χ3n) is 2.41. The van der Waals surface area contributed by atoms with Crippen molar-refractivity contribution in [3.05, 3.63) is 12.2 Å². The van der Waals surface area contributed by atoms with E-state index < -0.39 is 11.8 Å². The van der Waals surface area contributed by atoms with E-state index in [1.165, 1.54) is 0 Å². The molecule has 0 fully saturated rings. The van der Waals surface area contributed by atoms with Crippen LogP contribution >= 0.6 is 0 Å². The standard InChI is InChI=1S/C12H18N2O4/c1-2-3-7-18-8-6-13-10(15)9-14-11(16)4-5-12(14)17/h4-5H,2-3,6-9H2,1H3,(H,13,15). The van der Waals surface area contributed by atoms with Crippen molar-refractivity contribution in [3.63, 3.8) is 0 Å². The molecule has 1 rings (SSSR count). The first kappa shape index (κ1) is 14.4. The topological polar surface area (TPSA) is 75.7 Å². The summed E-state index contributed by atoms with van der Waals surface area (Å²) in [5.74, 6) is -1.26. The van der Waals surface area contributed by atoms with Crippen LogP contribution in [-0.4, -0.2) is 48.9 Å². The van der Waals surface area contributed by atoms with Gasteiger partial charge in [0.25, 0.3) is 11.8 Å². The maximum atomic E-state index is 11.4. The van der Waals surface area contributed by atoms with Gasteiger partial charge in [0.05, 0.1) is 6.61 Å². The van der Waals surface area contributed by atoms with Gasteiger partial charge in [0, 0.05) is 25.3 Å². The van der Waals surface area contributed by atoms with Crippen LogP contribution in [0.25, 0.3) is 0 Å². The summed E-state index contributed by atoms with van der Waals surface area (Å²) < 4.78 is 5.26. The highest BCUT2D eigenvalue weighted by Gasteiger charge is 2.25. The summed E-state index contributed by atoms with van der Waals surface area (Å²) >= 11 is 0. The van der Waals surface area contributed by atoms with Crippen molar-refractivity contribution < 1.29 is 19.1 Å². The van der Waals surface area contributed by atoms with Crippen molar-refractivity contribution in [2.24, 2.45) is 0 Å². The fraction of sp³-hybridized carbons (Fsp3) is 0.583. The third-order valence-corrected chi connectivity index (χ3v) is 2.41. The summed E-state index contributed by atoms with van der Waals surface area (Å²) in [6.07, 6.45) is 4.38. The van der Waals surface area contributed by atoms with Gasteiger partial charge in [0.2, 0.25) is 5.91 Å². The molecule has 0 radical (unpaired) electrons. The van der Waals surface area contributed by atoms with Crippen molar-refractivity contribution in [1.29, 1.82) is 0 Å². The summed E-state index contributed by atoms with van der Waals surface area (Å²) in [5.41, 5.74) is 0. The molecule has 1 heterocycles. The van der Waals surface area contributed by atoms with Crippen molar-refractivity contribution in [1.82, 2.24) is 10.2 Å². The number of amides is 3. The summed E-state index contributed by atoms with van der Waals surface area (Å²) in [7, 11) is 0. The number of carbonyl (C=O) groups is 3. The number of carbonyl (C=O) groups excluding carboxylic acids is 3. The normalized spacial score (nSPS) is 14.4. The zero-order valence-corrected chi connectivity index (χ0v) is 10.5. The number of nitrogens with one attached hydrogen (secondary N) is 1. The van der Waals surface area contributed by atoms with Crippen molar-refractivity contribution in [3.8, 4) is 0 Å². The molecular weight excluding hydrogens is 236 g/mol. The van der Waals surface area contributed by atoms with E-state index in [0.29, 0.717) is 19.8 Å². The molecule has 0 saturated heterocycles. The van der Waals surface area contributed by atoms with Gasteiger partial charge >= 0.3 is 0 Å². The van der Waals surface area contributed by atoms with Gasteiger partial charge < -0.3 is 10.1 Å². The lowest BCUT2D eigenvalue weighted by molar-refractivity contribution is -0.141. The van der Waals surface area contributed by atoms with E-state index in [2.05, 4.69) is 12.2 Å². The van der Waals surface area contributed by atoms with Gasteiger partial charge in [-0.25, -0.2) is 0 Å². The minimum absolute atomic E-state index is 0.236. The van der Waals surface area contributed by atoms with E-state index in [0.717, 1.165) is 29.9 Å². The Labute approximate surface area is 106 Å². The molecule has 0 aromatic rings. The monoisotopic (exact) mass is 254 g/mol. The smallest absolute Gasteiger partial charge is 0.254 e. The van der Waals surface area contributed by atoms with Gasteiger partial charge in [0.15, 0.2) is 0 Å². The molecule has 1 N–H and O–H groups in total.